The lowest BCUT2D eigenvalue weighted by Crippen LogP contribution is -2.41. The number of pyridine rings is 1. The number of hydrogen-bond acceptors (Lipinski definition) is 5. The van der Waals surface area contributed by atoms with E-state index in [0.717, 1.165) is 16.8 Å². The van der Waals surface area contributed by atoms with Crippen molar-refractivity contribution in [3.8, 4) is 11.3 Å². The molecule has 2 atom stereocenters. The molecule has 172 valence electrons. The summed E-state index contributed by atoms with van der Waals surface area (Å²) in [4.78, 5) is 30.9. The molecule has 2 aromatic heterocycles. The van der Waals surface area contributed by atoms with Crippen molar-refractivity contribution < 1.29 is 14.0 Å². The van der Waals surface area contributed by atoms with Crippen LogP contribution in [0.3, 0.4) is 0 Å². The third-order valence-corrected chi connectivity index (χ3v) is 6.50. The van der Waals surface area contributed by atoms with Crippen LogP contribution in [-0.2, 0) is 9.59 Å². The minimum atomic E-state index is -0.557. The van der Waals surface area contributed by atoms with E-state index in [1.54, 1.807) is 18.3 Å². The molecule has 1 aliphatic heterocycles. The summed E-state index contributed by atoms with van der Waals surface area (Å²) in [5.74, 6) is 0.347. The van der Waals surface area contributed by atoms with E-state index in [4.69, 9.17) is 16.0 Å². The number of nitrogens with one attached hydrogen (secondary N) is 2. The Morgan fingerprint density at radius 1 is 1.15 bits per heavy atom. The van der Waals surface area contributed by atoms with E-state index in [1.807, 2.05) is 56.3 Å². The summed E-state index contributed by atoms with van der Waals surface area (Å²) in [7, 11) is 0. The number of Topliss-reactive ketones (excluding diaryl/α,β-unsaturated/α-hetero) is 1. The van der Waals surface area contributed by atoms with Gasteiger partial charge in [0.1, 0.15) is 23.1 Å². The van der Waals surface area contributed by atoms with Gasteiger partial charge in [-0.1, -0.05) is 29.8 Å². The monoisotopic (exact) mass is 473 g/mol. The van der Waals surface area contributed by atoms with Gasteiger partial charge >= 0.3 is 0 Å². The summed E-state index contributed by atoms with van der Waals surface area (Å²) in [6.07, 6.45) is 4.80. The van der Waals surface area contributed by atoms with Gasteiger partial charge in [-0.2, -0.15) is 0 Å². The van der Waals surface area contributed by atoms with Gasteiger partial charge < -0.3 is 15.1 Å². The molecule has 0 spiro atoms. The first kappa shape index (κ1) is 22.2. The summed E-state index contributed by atoms with van der Waals surface area (Å²) in [5.41, 5.74) is 3.79. The van der Waals surface area contributed by atoms with Gasteiger partial charge in [0.2, 0.25) is 0 Å². The minimum Gasteiger partial charge on any atom is -0.460 e. The molecule has 6 nitrogen and oxygen atoms in total. The number of ketones is 1. The van der Waals surface area contributed by atoms with Crippen molar-refractivity contribution in [2.75, 3.05) is 5.32 Å². The zero-order valence-corrected chi connectivity index (χ0v) is 19.6. The lowest BCUT2D eigenvalue weighted by Gasteiger charge is -2.37. The first-order valence-corrected chi connectivity index (χ1v) is 11.6. The van der Waals surface area contributed by atoms with Gasteiger partial charge in [-0.15, -0.1) is 0 Å². The number of fused-ring (bicyclic) bond motifs is 1. The van der Waals surface area contributed by atoms with Crippen LogP contribution in [0.4, 0.5) is 5.82 Å². The fraction of sp³-hybridized carbons (Fsp3) is 0.222. The molecular formula is C27H24ClN3O3. The highest BCUT2D eigenvalue weighted by Gasteiger charge is 2.44. The topological polar surface area (TPSA) is 84.2 Å². The van der Waals surface area contributed by atoms with E-state index in [9.17, 15) is 9.59 Å². The lowest BCUT2D eigenvalue weighted by molar-refractivity contribution is -0.123. The number of halogens is 1. The largest absolute Gasteiger partial charge is 0.460 e. The molecule has 2 unspecified atom stereocenters. The molecule has 3 aromatic rings. The van der Waals surface area contributed by atoms with Gasteiger partial charge in [0.25, 0.3) is 5.91 Å². The maximum atomic E-state index is 13.5. The Hall–Kier alpha value is -3.64. The number of hydrogen-bond donors (Lipinski definition) is 2. The van der Waals surface area contributed by atoms with Gasteiger partial charge in [-0.05, 0) is 62.2 Å². The highest BCUT2D eigenvalue weighted by atomic mass is 35.5. The molecule has 0 bridgehead atoms. The molecule has 0 radical (unpaired) electrons. The summed E-state index contributed by atoms with van der Waals surface area (Å²) in [6.45, 7) is 3.79. The second-order valence-electron chi connectivity index (χ2n) is 8.67. The molecule has 0 saturated carbocycles. The van der Waals surface area contributed by atoms with E-state index in [-0.39, 0.29) is 11.7 Å². The number of aryl methyl sites for hydroxylation is 1. The molecule has 7 heteroatoms. The molecule has 0 fully saturated rings. The SMILES string of the molecule is CC1=C(C(=O)Nc2cc(C)ccn2)C(c2ccc(-c3cccc(Cl)c3)o2)C2C(=O)CCC=C2N1. The fourth-order valence-electron chi connectivity index (χ4n) is 4.73. The molecule has 0 saturated heterocycles. The number of nitrogens with zero attached hydrogens (tertiary/aromatic N) is 1. The van der Waals surface area contributed by atoms with Crippen molar-refractivity contribution in [1.29, 1.82) is 0 Å². The smallest absolute Gasteiger partial charge is 0.255 e. The number of aromatic nitrogens is 1. The van der Waals surface area contributed by atoms with E-state index in [2.05, 4.69) is 15.6 Å². The second-order valence-corrected chi connectivity index (χ2v) is 9.10. The van der Waals surface area contributed by atoms with E-state index >= 15 is 0 Å². The fourth-order valence-corrected chi connectivity index (χ4v) is 4.92. The van der Waals surface area contributed by atoms with Crippen LogP contribution in [0.15, 0.2) is 82.2 Å². The van der Waals surface area contributed by atoms with E-state index in [1.165, 1.54) is 0 Å². The van der Waals surface area contributed by atoms with Crippen LogP contribution < -0.4 is 10.6 Å². The van der Waals surface area contributed by atoms with Crippen LogP contribution in [0.2, 0.25) is 5.02 Å². The maximum absolute atomic E-state index is 13.5. The quantitative estimate of drug-likeness (QED) is 0.502. The van der Waals surface area contributed by atoms with Gasteiger partial charge in [0.05, 0.1) is 11.8 Å². The van der Waals surface area contributed by atoms with E-state index < -0.39 is 11.8 Å². The van der Waals surface area contributed by atoms with Crippen LogP contribution in [0.25, 0.3) is 11.3 Å². The average Bonchev–Trinajstić information content (AvgIpc) is 3.28. The van der Waals surface area contributed by atoms with Crippen molar-refractivity contribution in [1.82, 2.24) is 10.3 Å². The highest BCUT2D eigenvalue weighted by Crippen LogP contribution is 2.45. The minimum absolute atomic E-state index is 0.0854. The number of furan rings is 1. The lowest BCUT2D eigenvalue weighted by atomic mass is 9.72. The van der Waals surface area contributed by atoms with Gasteiger partial charge in [-0.3, -0.25) is 9.59 Å². The Morgan fingerprint density at radius 3 is 2.79 bits per heavy atom. The number of carbonyl (C=O) groups excluding carboxylic acids is 2. The first-order chi connectivity index (χ1) is 16.4. The second kappa shape index (κ2) is 8.95. The number of carbonyl (C=O) groups is 2. The third kappa shape index (κ3) is 4.17. The number of benzene rings is 1. The Labute approximate surface area is 202 Å². The van der Waals surface area contributed by atoms with Gasteiger partial charge in [0, 0.05) is 40.2 Å². The molecule has 1 amide bonds. The predicted octanol–water partition coefficient (Wildman–Crippen LogP) is 5.77. The molecule has 1 aliphatic carbocycles. The van der Waals surface area contributed by atoms with E-state index in [0.29, 0.717) is 46.5 Å². The van der Waals surface area contributed by atoms with Crippen LogP contribution in [-0.4, -0.2) is 16.7 Å². The zero-order valence-electron chi connectivity index (χ0n) is 18.9. The number of rotatable bonds is 4. The standard InChI is InChI=1S/C27H24ClN3O3/c1-15-11-12-29-23(13-15)31-27(33)24-16(2)30-19-7-4-8-20(32)25(19)26(24)22-10-9-21(34-22)17-5-3-6-18(28)14-17/h3,5-7,9-14,25-26,30H,4,8H2,1-2H3,(H,29,31,33). The van der Waals surface area contributed by atoms with Crippen molar-refractivity contribution in [3.63, 3.8) is 0 Å². The number of allylic oxidation sites excluding steroid dienone is 3. The first-order valence-electron chi connectivity index (χ1n) is 11.2. The van der Waals surface area contributed by atoms with Crippen molar-refractivity contribution >= 4 is 29.1 Å². The van der Waals surface area contributed by atoms with Crippen molar-refractivity contribution in [2.24, 2.45) is 5.92 Å². The van der Waals surface area contributed by atoms with Gasteiger partial charge in [0.15, 0.2) is 0 Å². The molecule has 1 aromatic carbocycles. The van der Waals surface area contributed by atoms with Crippen molar-refractivity contribution in [3.05, 3.63) is 94.1 Å². The van der Waals surface area contributed by atoms with Crippen LogP contribution >= 0.6 is 11.6 Å². The third-order valence-electron chi connectivity index (χ3n) is 6.26. The zero-order chi connectivity index (χ0) is 23.8. The Bertz CT molecular complexity index is 1350. The van der Waals surface area contributed by atoms with Crippen LogP contribution in [0.5, 0.6) is 0 Å². The van der Waals surface area contributed by atoms with Crippen molar-refractivity contribution in [2.45, 2.75) is 32.6 Å². The number of anilines is 1. The normalized spacial score (nSPS) is 19.9. The molecule has 5 rings (SSSR count). The summed E-state index contributed by atoms with van der Waals surface area (Å²) in [6, 6.07) is 14.8. The van der Waals surface area contributed by atoms with Gasteiger partial charge in [-0.25, -0.2) is 4.98 Å². The average molecular weight is 474 g/mol. The molecule has 3 heterocycles. The van der Waals surface area contributed by atoms with Crippen LogP contribution in [0.1, 0.15) is 37.0 Å². The molecule has 34 heavy (non-hydrogen) atoms. The predicted molar refractivity (Wildman–Crippen MR) is 131 cm³/mol. The molecule has 2 N–H and O–H groups in total. The Kier molecular flexibility index (Phi) is 5.84. The van der Waals surface area contributed by atoms with Crippen LogP contribution in [0, 0.1) is 12.8 Å². The highest BCUT2D eigenvalue weighted by molar-refractivity contribution is 6.30. The number of amides is 1. The maximum Gasteiger partial charge on any atom is 0.255 e. The molecule has 2 aliphatic rings. The molecular weight excluding hydrogens is 450 g/mol. The summed E-state index contributed by atoms with van der Waals surface area (Å²) in [5, 5.41) is 6.81. The Balaban J connectivity index is 1.58. The summed E-state index contributed by atoms with van der Waals surface area (Å²) >= 11 is 6.16. The Morgan fingerprint density at radius 2 is 2.00 bits per heavy atom. The summed E-state index contributed by atoms with van der Waals surface area (Å²) < 4.78 is 6.26.